The highest BCUT2D eigenvalue weighted by molar-refractivity contribution is 6.13. The number of hydrogen-bond donors (Lipinski definition) is 3. The van der Waals surface area contributed by atoms with Gasteiger partial charge in [0.05, 0.1) is 0 Å². The van der Waals surface area contributed by atoms with Crippen molar-refractivity contribution < 1.29 is 0 Å². The van der Waals surface area contributed by atoms with Crippen LogP contribution in [0.5, 0.6) is 0 Å². The van der Waals surface area contributed by atoms with Gasteiger partial charge in [-0.25, -0.2) is 0 Å². The molecule has 0 aromatic heterocycles. The minimum Gasteiger partial charge on any atom is -0.389 e. The van der Waals surface area contributed by atoms with Gasteiger partial charge in [0.1, 0.15) is 7.85 Å². The molecule has 3 nitrogen and oxygen atoms in total. The first-order chi connectivity index (χ1) is 17.9. The van der Waals surface area contributed by atoms with Gasteiger partial charge in [0, 0.05) is 24.8 Å². The molecule has 0 radical (unpaired) electrons. The Labute approximate surface area is 234 Å². The van der Waals surface area contributed by atoms with Crippen molar-refractivity contribution in [2.45, 2.75) is 154 Å². The zero-order valence-corrected chi connectivity index (χ0v) is 25.8. The number of nitrogens with one attached hydrogen (secondary N) is 3. The van der Waals surface area contributed by atoms with Crippen LogP contribution >= 0.6 is 0 Å². The van der Waals surface area contributed by atoms with E-state index < -0.39 is 0 Å². The predicted molar refractivity (Wildman–Crippen MR) is 172 cm³/mol. The van der Waals surface area contributed by atoms with E-state index in [1.807, 2.05) is 7.05 Å². The summed E-state index contributed by atoms with van der Waals surface area (Å²) in [5.74, 6) is 0.537. The van der Waals surface area contributed by atoms with Crippen molar-refractivity contribution >= 4 is 7.85 Å². The predicted octanol–water partition coefficient (Wildman–Crippen LogP) is 8.60. The molecule has 0 spiro atoms. The Balaban J connectivity index is 3.48. The number of rotatable bonds is 29. The van der Waals surface area contributed by atoms with Crippen LogP contribution in [0.1, 0.15) is 142 Å². The molecule has 0 rings (SSSR count). The second-order valence-corrected chi connectivity index (χ2v) is 11.6. The summed E-state index contributed by atoms with van der Waals surface area (Å²) in [6.07, 6.45) is 26.7. The van der Waals surface area contributed by atoms with Gasteiger partial charge in [-0.3, -0.25) is 0 Å². The quantitative estimate of drug-likeness (QED) is 0.0530. The highest BCUT2D eigenvalue weighted by atomic mass is 14.9. The van der Waals surface area contributed by atoms with Crippen molar-refractivity contribution in [2.24, 2.45) is 0 Å². The molecule has 0 fully saturated rings. The zero-order valence-electron chi connectivity index (χ0n) is 25.8. The molecule has 2 unspecified atom stereocenters. The lowest BCUT2D eigenvalue weighted by molar-refractivity contribution is 0.535. The molecule has 4 heteroatoms. The molecule has 2 atom stereocenters. The van der Waals surface area contributed by atoms with Gasteiger partial charge in [-0.2, -0.15) is 0 Å². The van der Waals surface area contributed by atoms with Gasteiger partial charge in [0.25, 0.3) is 0 Å². The molecule has 0 aliphatic carbocycles. The van der Waals surface area contributed by atoms with E-state index in [2.05, 4.69) is 57.4 Å². The average Bonchev–Trinajstić information content (AvgIpc) is 2.88. The Kier molecular flexibility index (Phi) is 25.6. The highest BCUT2D eigenvalue weighted by Crippen LogP contribution is 2.18. The fourth-order valence-corrected chi connectivity index (χ4v) is 4.99. The molecule has 0 saturated carbocycles. The monoisotopic (exact) mass is 516 g/mol. The first-order valence-electron chi connectivity index (χ1n) is 16.1. The van der Waals surface area contributed by atoms with Crippen molar-refractivity contribution in [3.8, 4) is 0 Å². The van der Waals surface area contributed by atoms with Gasteiger partial charge in [0.15, 0.2) is 0 Å². The molecule has 0 aromatic rings. The average molecular weight is 516 g/mol. The van der Waals surface area contributed by atoms with Crippen LogP contribution in [0, 0.1) is 0 Å². The van der Waals surface area contributed by atoms with Crippen LogP contribution in [0.4, 0.5) is 0 Å². The minimum absolute atomic E-state index is 0.446. The summed E-state index contributed by atoms with van der Waals surface area (Å²) < 4.78 is 0. The summed E-state index contributed by atoms with van der Waals surface area (Å²) >= 11 is 0. The van der Waals surface area contributed by atoms with E-state index in [0.29, 0.717) is 11.9 Å². The Bertz CT molecular complexity index is 560. The van der Waals surface area contributed by atoms with E-state index in [-0.39, 0.29) is 0 Å². The van der Waals surface area contributed by atoms with Gasteiger partial charge in [-0.1, -0.05) is 122 Å². The molecule has 0 saturated heterocycles. The molecule has 0 amide bonds. The lowest BCUT2D eigenvalue weighted by atomic mass is 9.80. The van der Waals surface area contributed by atoms with Gasteiger partial charge in [-0.15, -0.1) is 0 Å². The van der Waals surface area contributed by atoms with Crippen LogP contribution < -0.4 is 16.0 Å². The molecule has 0 heterocycles. The van der Waals surface area contributed by atoms with Crippen molar-refractivity contribution in [2.75, 3.05) is 20.1 Å². The summed E-state index contributed by atoms with van der Waals surface area (Å²) in [7, 11) is 4.32. The highest BCUT2D eigenvalue weighted by Gasteiger charge is 2.08. The fraction of sp³-hybridized carbons (Fsp3) is 0.818. The van der Waals surface area contributed by atoms with Gasteiger partial charge in [-0.05, 0) is 64.0 Å². The van der Waals surface area contributed by atoms with Gasteiger partial charge in [0.2, 0.25) is 0 Å². The van der Waals surface area contributed by atoms with Gasteiger partial charge >= 0.3 is 0 Å². The van der Waals surface area contributed by atoms with Crippen molar-refractivity contribution in [3.63, 3.8) is 0 Å². The second kappa shape index (κ2) is 26.5. The second-order valence-electron chi connectivity index (χ2n) is 11.6. The van der Waals surface area contributed by atoms with E-state index in [1.54, 1.807) is 0 Å². The lowest BCUT2D eigenvalue weighted by Crippen LogP contribution is -2.26. The minimum atomic E-state index is 0.446. The largest absolute Gasteiger partial charge is 0.389 e. The number of unbranched alkanes of at least 4 members (excludes halogenated alkanes) is 14. The summed E-state index contributed by atoms with van der Waals surface area (Å²) in [4.78, 5) is 0. The summed E-state index contributed by atoms with van der Waals surface area (Å²) in [6.45, 7) is 19.1. The molecule has 0 aliphatic heterocycles. The summed E-state index contributed by atoms with van der Waals surface area (Å²) in [6, 6.07) is 0.446. The first kappa shape index (κ1) is 35.8. The van der Waals surface area contributed by atoms with Crippen LogP contribution in [-0.2, 0) is 0 Å². The van der Waals surface area contributed by atoms with Crippen molar-refractivity contribution in [3.05, 3.63) is 36.7 Å². The maximum absolute atomic E-state index is 4.28. The molecule has 0 aliphatic rings. The van der Waals surface area contributed by atoms with Crippen LogP contribution in [-0.4, -0.2) is 34.0 Å². The molecule has 0 bridgehead atoms. The Morgan fingerprint density at radius 2 is 1.14 bits per heavy atom. The Morgan fingerprint density at radius 3 is 1.65 bits per heavy atom. The molecular weight excluding hydrogens is 449 g/mol. The van der Waals surface area contributed by atoms with Crippen LogP contribution in [0.3, 0.4) is 0 Å². The standard InChI is InChI=1S/C33H66BN3/c1-7-8-9-10-11-12-13-14-15-16-17-18-19-24-30(4)36-27-22-20-25-32(34)31(5)37-28-23-21-26-33(35-6)29(2)3/h32-33,35-37H,2,4-5,7-28,34H2,1,3,6H3. The molecule has 3 N–H and O–H groups in total. The first-order valence-corrected chi connectivity index (χ1v) is 16.1. The number of allylic oxidation sites excluding steroid dienone is 2. The maximum atomic E-state index is 4.28. The normalized spacial score (nSPS) is 12.7. The molecule has 0 aromatic carbocycles. The Hall–Kier alpha value is -1.16. The SMILES string of the molecule is BC(CCCCNC(=C)CCCCCCCCCCCCCCC)C(=C)NCCCCC(NC)C(=C)C. The third kappa shape index (κ3) is 23.7. The molecule has 216 valence electrons. The van der Waals surface area contributed by atoms with Crippen molar-refractivity contribution in [1.29, 1.82) is 0 Å². The van der Waals surface area contributed by atoms with E-state index in [1.165, 1.54) is 133 Å². The lowest BCUT2D eigenvalue weighted by Gasteiger charge is -2.18. The summed E-state index contributed by atoms with van der Waals surface area (Å²) in [5.41, 5.74) is 3.66. The van der Waals surface area contributed by atoms with Gasteiger partial charge < -0.3 is 16.0 Å². The number of likely N-dealkylation sites (N-methyl/N-ethyl adjacent to an activating group) is 1. The van der Waals surface area contributed by atoms with E-state index in [0.717, 1.165) is 25.9 Å². The molecular formula is C33H66BN3. The third-order valence-corrected chi connectivity index (χ3v) is 7.83. The van der Waals surface area contributed by atoms with E-state index in [9.17, 15) is 0 Å². The fourth-order valence-electron chi connectivity index (χ4n) is 4.99. The van der Waals surface area contributed by atoms with Crippen molar-refractivity contribution in [1.82, 2.24) is 16.0 Å². The van der Waals surface area contributed by atoms with Crippen LogP contribution in [0.25, 0.3) is 0 Å². The van der Waals surface area contributed by atoms with E-state index in [4.69, 9.17) is 0 Å². The topological polar surface area (TPSA) is 36.1 Å². The zero-order chi connectivity index (χ0) is 27.6. The summed E-state index contributed by atoms with van der Waals surface area (Å²) in [5, 5.41) is 10.5. The Morgan fingerprint density at radius 1 is 0.649 bits per heavy atom. The van der Waals surface area contributed by atoms with E-state index >= 15 is 0 Å². The third-order valence-electron chi connectivity index (χ3n) is 7.83. The smallest absolute Gasteiger partial charge is 0.113 e. The molecule has 37 heavy (non-hydrogen) atoms. The van der Waals surface area contributed by atoms with Crippen LogP contribution in [0.15, 0.2) is 36.7 Å². The number of hydrogen-bond acceptors (Lipinski definition) is 3. The van der Waals surface area contributed by atoms with Crippen LogP contribution in [0.2, 0.25) is 5.82 Å². The maximum Gasteiger partial charge on any atom is 0.113 e.